The summed E-state index contributed by atoms with van der Waals surface area (Å²) < 4.78 is 25.8. The van der Waals surface area contributed by atoms with Crippen molar-refractivity contribution in [3.8, 4) is 0 Å². The van der Waals surface area contributed by atoms with Crippen LogP contribution in [0, 0.1) is 0 Å². The van der Waals surface area contributed by atoms with Crippen LogP contribution in [-0.2, 0) is 15.6 Å². The molecule has 1 heterocycles. The largest absolute Gasteiger partial charge is 0.320 e. The fraction of sp³-hybridized carbons (Fsp3) is 0.600. The highest BCUT2D eigenvalue weighted by Gasteiger charge is 2.42. The number of sulfonamides is 1. The van der Waals surface area contributed by atoms with Crippen LogP contribution < -0.4 is 10.5 Å². The first kappa shape index (κ1) is 10.9. The van der Waals surface area contributed by atoms with Crippen molar-refractivity contribution in [1.82, 2.24) is 9.97 Å². The average molecular weight is 254 g/mol. The predicted octanol–water partition coefficient (Wildman–Crippen LogP) is 0.328. The highest BCUT2D eigenvalue weighted by atomic mass is 32.2. The Bertz CT molecular complexity index is 549. The van der Waals surface area contributed by atoms with Crippen LogP contribution >= 0.6 is 0 Å². The lowest BCUT2D eigenvalue weighted by Gasteiger charge is -2.10. The summed E-state index contributed by atoms with van der Waals surface area (Å²) in [5.41, 5.74) is 6.34. The molecule has 2 aliphatic carbocycles. The van der Waals surface area contributed by atoms with Crippen molar-refractivity contribution >= 4 is 16.0 Å². The number of hydrogen-bond donors (Lipinski definition) is 2. The van der Waals surface area contributed by atoms with Crippen LogP contribution in [0.2, 0.25) is 0 Å². The highest BCUT2D eigenvalue weighted by molar-refractivity contribution is 7.93. The van der Waals surface area contributed by atoms with Crippen molar-refractivity contribution in [2.24, 2.45) is 5.73 Å². The number of hydrogen-bond acceptors (Lipinski definition) is 5. The van der Waals surface area contributed by atoms with Crippen molar-refractivity contribution in [2.75, 3.05) is 4.72 Å². The first-order chi connectivity index (χ1) is 8.00. The molecule has 0 unspecified atom stereocenters. The van der Waals surface area contributed by atoms with Crippen LogP contribution in [0.4, 0.5) is 5.95 Å². The van der Waals surface area contributed by atoms with E-state index >= 15 is 0 Å². The minimum Gasteiger partial charge on any atom is -0.320 e. The van der Waals surface area contributed by atoms with Crippen molar-refractivity contribution in [3.63, 3.8) is 0 Å². The molecular formula is C10H14N4O2S. The van der Waals surface area contributed by atoms with Crippen molar-refractivity contribution in [1.29, 1.82) is 0 Å². The molecule has 17 heavy (non-hydrogen) atoms. The molecular weight excluding hydrogens is 240 g/mol. The van der Waals surface area contributed by atoms with Gasteiger partial charge >= 0.3 is 0 Å². The maximum Gasteiger partial charge on any atom is 0.237 e. The molecule has 1 aromatic heterocycles. The highest BCUT2D eigenvalue weighted by Crippen LogP contribution is 2.41. The van der Waals surface area contributed by atoms with Crippen LogP contribution in [0.3, 0.4) is 0 Å². The molecule has 0 atom stereocenters. The van der Waals surface area contributed by atoms with E-state index in [1.807, 2.05) is 0 Å². The third-order valence-corrected chi connectivity index (χ3v) is 4.97. The summed E-state index contributed by atoms with van der Waals surface area (Å²) >= 11 is 0. The lowest BCUT2D eigenvalue weighted by molar-refractivity contribution is 0.599. The molecule has 2 fully saturated rings. The van der Waals surface area contributed by atoms with E-state index in [2.05, 4.69) is 14.7 Å². The Labute approximate surface area is 99.7 Å². The molecule has 1 aromatic rings. The van der Waals surface area contributed by atoms with Crippen LogP contribution in [0.15, 0.2) is 12.3 Å². The molecule has 3 rings (SSSR count). The molecule has 92 valence electrons. The fourth-order valence-electron chi connectivity index (χ4n) is 1.66. The van der Waals surface area contributed by atoms with E-state index < -0.39 is 10.0 Å². The van der Waals surface area contributed by atoms with Gasteiger partial charge in [0.2, 0.25) is 16.0 Å². The molecule has 0 aromatic carbocycles. The number of aromatic nitrogens is 2. The second kappa shape index (κ2) is 3.39. The third-order valence-electron chi connectivity index (χ3n) is 3.15. The molecule has 0 saturated heterocycles. The second-order valence-corrected chi connectivity index (χ2v) is 6.73. The summed E-state index contributed by atoms with van der Waals surface area (Å²) in [6, 6.07) is 1.74. The fourth-order valence-corrected chi connectivity index (χ4v) is 2.94. The van der Waals surface area contributed by atoms with E-state index in [9.17, 15) is 8.42 Å². The molecule has 6 nitrogen and oxygen atoms in total. The van der Waals surface area contributed by atoms with Crippen molar-refractivity contribution in [2.45, 2.75) is 36.5 Å². The van der Waals surface area contributed by atoms with E-state index in [0.717, 1.165) is 25.7 Å². The molecule has 0 bridgehead atoms. The zero-order valence-electron chi connectivity index (χ0n) is 9.26. The number of rotatable bonds is 4. The maximum absolute atomic E-state index is 11.7. The van der Waals surface area contributed by atoms with E-state index in [4.69, 9.17) is 5.73 Å². The van der Waals surface area contributed by atoms with Gasteiger partial charge in [-0.1, -0.05) is 0 Å². The molecule has 0 aliphatic heterocycles. The normalized spacial score (nSPS) is 22.2. The Morgan fingerprint density at radius 1 is 1.41 bits per heavy atom. The van der Waals surface area contributed by atoms with Crippen LogP contribution in [0.25, 0.3) is 0 Å². The molecule has 2 saturated carbocycles. The predicted molar refractivity (Wildman–Crippen MR) is 62.7 cm³/mol. The Morgan fingerprint density at radius 3 is 2.71 bits per heavy atom. The monoisotopic (exact) mass is 254 g/mol. The SMILES string of the molecule is NC1(c2ccnc(NS(=O)(=O)C3CC3)n2)CC1. The van der Waals surface area contributed by atoms with Gasteiger partial charge in [-0.3, -0.25) is 4.72 Å². The zero-order valence-corrected chi connectivity index (χ0v) is 10.1. The summed E-state index contributed by atoms with van der Waals surface area (Å²) in [5.74, 6) is 0.131. The van der Waals surface area contributed by atoms with Gasteiger partial charge in [-0.2, -0.15) is 0 Å². The first-order valence-corrected chi connectivity index (χ1v) is 7.18. The van der Waals surface area contributed by atoms with Gasteiger partial charge in [0.15, 0.2) is 0 Å². The summed E-state index contributed by atoms with van der Waals surface area (Å²) in [4.78, 5) is 8.09. The van der Waals surface area contributed by atoms with Crippen LogP contribution in [0.5, 0.6) is 0 Å². The van der Waals surface area contributed by atoms with Gasteiger partial charge in [0.1, 0.15) is 0 Å². The number of nitrogens with two attached hydrogens (primary N) is 1. The van der Waals surface area contributed by atoms with Gasteiger partial charge < -0.3 is 5.73 Å². The quantitative estimate of drug-likeness (QED) is 0.806. The van der Waals surface area contributed by atoms with Gasteiger partial charge in [-0.25, -0.2) is 18.4 Å². The van der Waals surface area contributed by atoms with E-state index in [1.54, 1.807) is 12.3 Å². The number of nitrogens with zero attached hydrogens (tertiary/aromatic N) is 2. The van der Waals surface area contributed by atoms with E-state index in [0.29, 0.717) is 5.69 Å². The summed E-state index contributed by atoms with van der Waals surface area (Å²) in [5, 5.41) is -0.275. The third kappa shape index (κ3) is 2.12. The Kier molecular flexibility index (Phi) is 2.18. The Balaban J connectivity index is 1.84. The molecule has 7 heteroatoms. The van der Waals surface area contributed by atoms with Crippen molar-refractivity contribution < 1.29 is 8.42 Å². The van der Waals surface area contributed by atoms with Gasteiger partial charge in [0.05, 0.1) is 16.5 Å². The lowest BCUT2D eigenvalue weighted by atomic mass is 10.2. The minimum absolute atomic E-state index is 0.131. The average Bonchev–Trinajstić information content (AvgIpc) is 3.12. The van der Waals surface area contributed by atoms with E-state index in [1.165, 1.54) is 0 Å². The van der Waals surface area contributed by atoms with E-state index in [-0.39, 0.29) is 16.7 Å². The Morgan fingerprint density at radius 2 is 2.12 bits per heavy atom. The molecule has 0 spiro atoms. The van der Waals surface area contributed by atoms with Gasteiger partial charge in [0, 0.05) is 6.20 Å². The van der Waals surface area contributed by atoms with Crippen LogP contribution in [0.1, 0.15) is 31.4 Å². The van der Waals surface area contributed by atoms with Crippen LogP contribution in [-0.4, -0.2) is 23.6 Å². The topological polar surface area (TPSA) is 98.0 Å². The second-order valence-electron chi connectivity index (χ2n) is 4.77. The summed E-state index contributed by atoms with van der Waals surface area (Å²) in [7, 11) is -3.30. The molecule has 0 amide bonds. The molecule has 2 aliphatic rings. The lowest BCUT2D eigenvalue weighted by Crippen LogP contribution is -2.23. The maximum atomic E-state index is 11.7. The smallest absolute Gasteiger partial charge is 0.237 e. The summed E-state index contributed by atoms with van der Waals surface area (Å²) in [6.07, 6.45) is 4.75. The van der Waals surface area contributed by atoms with Crippen molar-refractivity contribution in [3.05, 3.63) is 18.0 Å². The van der Waals surface area contributed by atoms with Gasteiger partial charge in [0.25, 0.3) is 0 Å². The van der Waals surface area contributed by atoms with Gasteiger partial charge in [-0.05, 0) is 31.7 Å². The number of nitrogens with one attached hydrogen (secondary N) is 1. The summed E-state index contributed by atoms with van der Waals surface area (Å²) in [6.45, 7) is 0. The molecule has 0 radical (unpaired) electrons. The standard InChI is InChI=1S/C10H14N4O2S/c11-10(4-5-10)8-3-6-12-9(13-8)14-17(15,16)7-1-2-7/h3,6-7H,1-2,4-5,11H2,(H,12,13,14). The van der Waals surface area contributed by atoms with Gasteiger partial charge in [-0.15, -0.1) is 0 Å². The number of anilines is 1. The zero-order chi connectivity index (χ0) is 12.1. The minimum atomic E-state index is -3.30. The first-order valence-electron chi connectivity index (χ1n) is 5.64. The molecule has 3 N–H and O–H groups in total. The Hall–Kier alpha value is -1.21.